The van der Waals surface area contributed by atoms with Crippen LogP contribution < -0.4 is 21.3 Å². The van der Waals surface area contributed by atoms with E-state index >= 15 is 0 Å². The summed E-state index contributed by atoms with van der Waals surface area (Å²) in [6, 6.07) is 14.7. The number of benzene rings is 2. The third kappa shape index (κ3) is 4.09. The maximum atomic E-state index is 12.6. The molecule has 164 valence electrons. The average Bonchev–Trinajstić information content (AvgIpc) is 3.10. The van der Waals surface area contributed by atoms with Gasteiger partial charge < -0.3 is 10.1 Å². The van der Waals surface area contributed by atoms with Crippen molar-refractivity contribution in [2.24, 2.45) is 14.1 Å². The van der Waals surface area contributed by atoms with E-state index in [1.165, 1.54) is 23.2 Å². The molecule has 0 aliphatic carbocycles. The Bertz CT molecular complexity index is 1430. The van der Waals surface area contributed by atoms with E-state index in [4.69, 9.17) is 4.74 Å². The number of hydrogen-bond donors (Lipinski definition) is 1. The van der Waals surface area contributed by atoms with Gasteiger partial charge in [-0.1, -0.05) is 17.7 Å². The number of nitrogens with zero attached hydrogens (tertiary/aromatic N) is 4. The fourth-order valence-electron chi connectivity index (χ4n) is 3.30. The van der Waals surface area contributed by atoms with E-state index < -0.39 is 11.2 Å². The van der Waals surface area contributed by atoms with Crippen LogP contribution in [0.3, 0.4) is 0 Å². The van der Waals surface area contributed by atoms with Crippen molar-refractivity contribution < 1.29 is 9.53 Å². The smallest absolute Gasteiger partial charge is 0.332 e. The maximum absolute atomic E-state index is 12.6. The number of hydrogen-bond acceptors (Lipinski definition) is 5. The topological polar surface area (TPSA) is 100 Å². The first-order valence-electron chi connectivity index (χ1n) is 9.71. The van der Waals surface area contributed by atoms with Crippen molar-refractivity contribution in [2.45, 2.75) is 13.5 Å². The van der Waals surface area contributed by atoms with E-state index in [9.17, 15) is 14.4 Å². The lowest BCUT2D eigenvalue weighted by Crippen LogP contribution is -2.37. The Morgan fingerprint density at radius 3 is 2.22 bits per heavy atom. The van der Waals surface area contributed by atoms with Crippen LogP contribution in [0.4, 0.5) is 5.69 Å². The van der Waals surface area contributed by atoms with Crippen molar-refractivity contribution in [1.29, 1.82) is 0 Å². The molecule has 1 amide bonds. The summed E-state index contributed by atoms with van der Waals surface area (Å²) in [5, 5.41) is 2.80. The number of amides is 1. The Kier molecular flexibility index (Phi) is 5.70. The third-order valence-electron chi connectivity index (χ3n) is 4.99. The lowest BCUT2D eigenvalue weighted by atomic mass is 10.2. The summed E-state index contributed by atoms with van der Waals surface area (Å²) in [5.41, 5.74) is 1.08. The lowest BCUT2D eigenvalue weighted by molar-refractivity contribution is -0.116. The van der Waals surface area contributed by atoms with E-state index in [1.807, 2.05) is 31.2 Å². The van der Waals surface area contributed by atoms with Gasteiger partial charge in [0.2, 0.25) is 5.91 Å². The van der Waals surface area contributed by atoms with Crippen LogP contribution in [0.1, 0.15) is 5.56 Å². The standard InChI is InChI=1S/C22H20BrN5O4/c1-13-4-8-15(9-5-13)32-16-10-6-14(7-11-16)24-17(29)12-28-19-18(25-21(28)23)20(30)27(3)22(31)26(19)2/h4-11H,12H2,1-3H3,(H,24,29). The van der Waals surface area contributed by atoms with Gasteiger partial charge >= 0.3 is 5.69 Å². The largest absolute Gasteiger partial charge is 0.457 e. The molecule has 2 aromatic heterocycles. The second kappa shape index (κ2) is 8.46. The van der Waals surface area contributed by atoms with E-state index in [-0.39, 0.29) is 28.3 Å². The number of aryl methyl sites for hydroxylation is 2. The van der Waals surface area contributed by atoms with E-state index in [0.717, 1.165) is 15.9 Å². The van der Waals surface area contributed by atoms with Gasteiger partial charge in [0.1, 0.15) is 18.0 Å². The van der Waals surface area contributed by atoms with Gasteiger partial charge in [-0.05, 0) is 59.3 Å². The normalized spacial score (nSPS) is 11.0. The van der Waals surface area contributed by atoms with Crippen LogP contribution in [0, 0.1) is 6.92 Å². The van der Waals surface area contributed by atoms with E-state index in [1.54, 1.807) is 24.3 Å². The second-order valence-corrected chi connectivity index (χ2v) is 8.04. The Labute approximate surface area is 191 Å². The molecule has 9 nitrogen and oxygen atoms in total. The molecule has 0 atom stereocenters. The highest BCUT2D eigenvalue weighted by molar-refractivity contribution is 9.10. The van der Waals surface area contributed by atoms with E-state index in [2.05, 4.69) is 26.2 Å². The zero-order chi connectivity index (χ0) is 23.0. The molecule has 0 fully saturated rings. The van der Waals surface area contributed by atoms with E-state index in [0.29, 0.717) is 11.4 Å². The number of halogens is 1. The molecule has 4 aromatic rings. The number of ether oxygens (including phenoxy) is 1. The van der Waals surface area contributed by atoms with Crippen molar-refractivity contribution in [2.75, 3.05) is 5.32 Å². The molecule has 0 aliphatic rings. The van der Waals surface area contributed by atoms with Crippen molar-refractivity contribution in [3.63, 3.8) is 0 Å². The molecule has 32 heavy (non-hydrogen) atoms. The van der Waals surface area contributed by atoms with Gasteiger partial charge in [-0.3, -0.25) is 23.3 Å². The molecule has 0 spiro atoms. The predicted octanol–water partition coefficient (Wildman–Crippen LogP) is 2.94. The monoisotopic (exact) mass is 497 g/mol. The molecule has 0 aliphatic heterocycles. The van der Waals surface area contributed by atoms with Crippen LogP contribution in [0.2, 0.25) is 0 Å². The summed E-state index contributed by atoms with van der Waals surface area (Å²) in [7, 11) is 2.91. The highest BCUT2D eigenvalue weighted by Gasteiger charge is 2.19. The molecule has 0 bridgehead atoms. The number of anilines is 1. The molecule has 0 saturated heterocycles. The van der Waals surface area contributed by atoms with Crippen molar-refractivity contribution in [3.8, 4) is 11.5 Å². The minimum absolute atomic E-state index is 0.104. The van der Waals surface area contributed by atoms with Gasteiger partial charge in [-0.2, -0.15) is 0 Å². The van der Waals surface area contributed by atoms with Gasteiger partial charge in [0.15, 0.2) is 15.9 Å². The SMILES string of the molecule is Cc1ccc(Oc2ccc(NC(=O)Cn3c(Br)nc4c(=O)n(C)c(=O)n(C)c43)cc2)cc1. The summed E-state index contributed by atoms with van der Waals surface area (Å²) < 4.78 is 9.82. The van der Waals surface area contributed by atoms with Gasteiger partial charge in [0.05, 0.1) is 0 Å². The fourth-order valence-corrected chi connectivity index (χ4v) is 3.77. The Morgan fingerprint density at radius 2 is 1.59 bits per heavy atom. The second-order valence-electron chi connectivity index (χ2n) is 7.33. The quantitative estimate of drug-likeness (QED) is 0.427. The molecular weight excluding hydrogens is 478 g/mol. The highest BCUT2D eigenvalue weighted by Crippen LogP contribution is 2.23. The van der Waals surface area contributed by atoms with Crippen LogP contribution >= 0.6 is 15.9 Å². The summed E-state index contributed by atoms with van der Waals surface area (Å²) in [6.07, 6.45) is 0. The maximum Gasteiger partial charge on any atom is 0.332 e. The Balaban J connectivity index is 1.51. The summed E-state index contributed by atoms with van der Waals surface area (Å²) >= 11 is 3.28. The minimum atomic E-state index is -0.521. The minimum Gasteiger partial charge on any atom is -0.457 e. The number of carbonyl (C=O) groups is 1. The van der Waals surface area contributed by atoms with Crippen LogP contribution in [-0.2, 0) is 25.4 Å². The Morgan fingerprint density at radius 1 is 1.00 bits per heavy atom. The molecule has 2 aromatic carbocycles. The van der Waals surface area contributed by atoms with Gasteiger partial charge in [-0.25, -0.2) is 9.78 Å². The van der Waals surface area contributed by atoms with Crippen LogP contribution in [0.5, 0.6) is 11.5 Å². The molecule has 2 heterocycles. The number of carbonyl (C=O) groups excluding carboxylic acids is 1. The molecular formula is C22H20BrN5O4. The van der Waals surface area contributed by atoms with Gasteiger partial charge in [0.25, 0.3) is 5.56 Å². The zero-order valence-electron chi connectivity index (χ0n) is 17.6. The Hall–Kier alpha value is -3.66. The zero-order valence-corrected chi connectivity index (χ0v) is 19.2. The summed E-state index contributed by atoms with van der Waals surface area (Å²) in [6.45, 7) is 1.87. The first kappa shape index (κ1) is 21.6. The van der Waals surface area contributed by atoms with Gasteiger partial charge in [0, 0.05) is 19.8 Å². The third-order valence-corrected chi connectivity index (χ3v) is 5.59. The summed E-state index contributed by atoms with van der Waals surface area (Å²) in [4.78, 5) is 41.5. The molecule has 1 N–H and O–H groups in total. The number of imidazole rings is 1. The van der Waals surface area contributed by atoms with Crippen LogP contribution in [0.15, 0.2) is 62.9 Å². The predicted molar refractivity (Wildman–Crippen MR) is 124 cm³/mol. The number of aromatic nitrogens is 4. The molecule has 0 saturated carbocycles. The van der Waals surface area contributed by atoms with Crippen LogP contribution in [-0.4, -0.2) is 24.6 Å². The number of nitrogens with one attached hydrogen (secondary N) is 1. The van der Waals surface area contributed by atoms with Crippen molar-refractivity contribution in [1.82, 2.24) is 18.7 Å². The first-order valence-corrected chi connectivity index (χ1v) is 10.5. The first-order chi connectivity index (χ1) is 15.2. The number of rotatable bonds is 5. The molecule has 10 heteroatoms. The molecule has 0 unspecified atom stereocenters. The average molecular weight is 498 g/mol. The van der Waals surface area contributed by atoms with Crippen LogP contribution in [0.25, 0.3) is 11.2 Å². The summed E-state index contributed by atoms with van der Waals surface area (Å²) in [5.74, 6) is 1.02. The molecule has 4 rings (SSSR count). The highest BCUT2D eigenvalue weighted by atomic mass is 79.9. The van der Waals surface area contributed by atoms with Crippen molar-refractivity contribution in [3.05, 3.63) is 79.7 Å². The molecule has 0 radical (unpaired) electrons. The van der Waals surface area contributed by atoms with Crippen molar-refractivity contribution >= 4 is 38.7 Å². The fraction of sp³-hybridized carbons (Fsp3) is 0.182. The van der Waals surface area contributed by atoms with Gasteiger partial charge in [-0.15, -0.1) is 0 Å². The lowest BCUT2D eigenvalue weighted by Gasteiger charge is -2.11. The number of fused-ring (bicyclic) bond motifs is 1.